The number of hydrogen-bond acceptors (Lipinski definition) is 2. The van der Waals surface area contributed by atoms with Crippen molar-refractivity contribution in [3.63, 3.8) is 0 Å². The van der Waals surface area contributed by atoms with Gasteiger partial charge in [-0.2, -0.15) is 0 Å². The van der Waals surface area contributed by atoms with Crippen LogP contribution in [0.2, 0.25) is 0 Å². The van der Waals surface area contributed by atoms with Crippen molar-refractivity contribution in [2.75, 3.05) is 13.1 Å². The highest BCUT2D eigenvalue weighted by Gasteiger charge is 2.18. The second-order valence-corrected chi connectivity index (χ2v) is 5.68. The summed E-state index contributed by atoms with van der Waals surface area (Å²) in [7, 11) is 0. The number of hydrogen-bond donors (Lipinski definition) is 2. The molecule has 2 nitrogen and oxygen atoms in total. The summed E-state index contributed by atoms with van der Waals surface area (Å²) >= 11 is 0. The molecule has 2 aliphatic heterocycles. The monoisotopic (exact) mass is 244 g/mol. The average Bonchev–Trinajstić information content (AvgIpc) is 2.49. The van der Waals surface area contributed by atoms with E-state index in [0.717, 1.165) is 0 Å². The van der Waals surface area contributed by atoms with E-state index in [2.05, 4.69) is 34.9 Å². The van der Waals surface area contributed by atoms with Crippen molar-refractivity contribution in [1.82, 2.24) is 10.6 Å². The van der Waals surface area contributed by atoms with E-state index in [4.69, 9.17) is 0 Å². The first-order chi connectivity index (χ1) is 8.93. The van der Waals surface area contributed by atoms with Crippen LogP contribution in [-0.2, 0) is 0 Å². The van der Waals surface area contributed by atoms with E-state index in [1.807, 2.05) is 0 Å². The van der Waals surface area contributed by atoms with Gasteiger partial charge in [0.05, 0.1) is 0 Å². The van der Waals surface area contributed by atoms with Gasteiger partial charge in [-0.05, 0) is 49.9 Å². The molecule has 0 aromatic heterocycles. The van der Waals surface area contributed by atoms with Gasteiger partial charge in [0.25, 0.3) is 0 Å². The summed E-state index contributed by atoms with van der Waals surface area (Å²) in [6.45, 7) is 2.35. The highest BCUT2D eigenvalue weighted by atomic mass is 14.9. The van der Waals surface area contributed by atoms with E-state index in [9.17, 15) is 0 Å². The van der Waals surface area contributed by atoms with Gasteiger partial charge in [-0.1, -0.05) is 37.1 Å². The fourth-order valence-electron chi connectivity index (χ4n) is 3.27. The maximum absolute atomic E-state index is 3.65. The van der Waals surface area contributed by atoms with Gasteiger partial charge in [-0.3, -0.25) is 0 Å². The summed E-state index contributed by atoms with van der Waals surface area (Å²) in [6, 6.07) is 10.4. The third-order valence-electron chi connectivity index (χ3n) is 4.34. The second-order valence-electron chi connectivity index (χ2n) is 5.68. The van der Waals surface area contributed by atoms with Gasteiger partial charge >= 0.3 is 0 Å². The van der Waals surface area contributed by atoms with Crippen LogP contribution in [0.5, 0.6) is 0 Å². The molecule has 0 aliphatic carbocycles. The lowest BCUT2D eigenvalue weighted by molar-refractivity contribution is 0.404. The molecule has 2 heteroatoms. The minimum absolute atomic E-state index is 0.585. The van der Waals surface area contributed by atoms with Crippen LogP contribution in [0.3, 0.4) is 0 Å². The Labute approximate surface area is 110 Å². The van der Waals surface area contributed by atoms with Crippen LogP contribution in [0.15, 0.2) is 24.3 Å². The van der Waals surface area contributed by atoms with Gasteiger partial charge in [0.1, 0.15) is 0 Å². The van der Waals surface area contributed by atoms with Crippen molar-refractivity contribution in [1.29, 1.82) is 0 Å². The van der Waals surface area contributed by atoms with Gasteiger partial charge in [-0.25, -0.2) is 0 Å². The van der Waals surface area contributed by atoms with Crippen LogP contribution in [0.1, 0.15) is 61.7 Å². The molecule has 2 saturated heterocycles. The summed E-state index contributed by atoms with van der Waals surface area (Å²) in [5, 5.41) is 7.29. The number of rotatable bonds is 2. The van der Waals surface area contributed by atoms with Crippen molar-refractivity contribution in [3.8, 4) is 0 Å². The third-order valence-corrected chi connectivity index (χ3v) is 4.34. The Bertz CT molecular complexity index is 343. The summed E-state index contributed by atoms with van der Waals surface area (Å²) in [4.78, 5) is 0. The quantitative estimate of drug-likeness (QED) is 0.834. The predicted molar refractivity (Wildman–Crippen MR) is 75.6 cm³/mol. The standard InChI is InChI=1S/C16H24N2/c1-3-10-17-15(8-1)13-6-5-7-14(12-13)16-9-2-4-11-18-16/h5-7,12,15-18H,1-4,8-11H2. The van der Waals surface area contributed by atoms with E-state index in [1.165, 1.54) is 62.7 Å². The van der Waals surface area contributed by atoms with Gasteiger partial charge in [0.15, 0.2) is 0 Å². The van der Waals surface area contributed by atoms with Crippen molar-refractivity contribution in [2.45, 2.75) is 50.6 Å². The Balaban J connectivity index is 1.75. The van der Waals surface area contributed by atoms with E-state index in [0.29, 0.717) is 12.1 Å². The van der Waals surface area contributed by atoms with Crippen molar-refractivity contribution < 1.29 is 0 Å². The predicted octanol–water partition coefficient (Wildman–Crippen LogP) is 3.32. The lowest BCUT2D eigenvalue weighted by Crippen LogP contribution is -2.28. The molecule has 2 atom stereocenters. The lowest BCUT2D eigenvalue weighted by atomic mass is 9.92. The highest BCUT2D eigenvalue weighted by Crippen LogP contribution is 2.28. The number of nitrogens with one attached hydrogen (secondary N) is 2. The van der Waals surface area contributed by atoms with E-state index in [1.54, 1.807) is 0 Å². The summed E-state index contributed by atoms with van der Waals surface area (Å²) < 4.78 is 0. The van der Waals surface area contributed by atoms with Crippen LogP contribution in [0.25, 0.3) is 0 Å². The van der Waals surface area contributed by atoms with Gasteiger partial charge in [-0.15, -0.1) is 0 Å². The van der Waals surface area contributed by atoms with E-state index < -0.39 is 0 Å². The smallest absolute Gasteiger partial charge is 0.0320 e. The highest BCUT2D eigenvalue weighted by molar-refractivity contribution is 5.28. The molecule has 0 spiro atoms. The van der Waals surface area contributed by atoms with Crippen LogP contribution >= 0.6 is 0 Å². The van der Waals surface area contributed by atoms with Crippen molar-refractivity contribution in [3.05, 3.63) is 35.4 Å². The minimum atomic E-state index is 0.585. The Kier molecular flexibility index (Phi) is 3.96. The Hall–Kier alpha value is -0.860. The van der Waals surface area contributed by atoms with Crippen LogP contribution in [0, 0.1) is 0 Å². The third kappa shape index (κ3) is 2.76. The summed E-state index contributed by atoms with van der Waals surface area (Å²) in [5.74, 6) is 0. The molecule has 0 radical (unpaired) electrons. The molecule has 2 N–H and O–H groups in total. The molecule has 1 aromatic carbocycles. The topological polar surface area (TPSA) is 24.1 Å². The SMILES string of the molecule is c1cc(C2CCCCN2)cc(C2CCCCN2)c1. The minimum Gasteiger partial charge on any atom is -0.310 e. The maximum Gasteiger partial charge on any atom is 0.0320 e. The first-order valence-corrected chi connectivity index (χ1v) is 7.50. The zero-order chi connectivity index (χ0) is 12.2. The molecule has 2 aliphatic rings. The van der Waals surface area contributed by atoms with Gasteiger partial charge in [0, 0.05) is 12.1 Å². The zero-order valence-corrected chi connectivity index (χ0v) is 11.1. The van der Waals surface area contributed by atoms with Crippen LogP contribution in [0.4, 0.5) is 0 Å². The molecule has 98 valence electrons. The average molecular weight is 244 g/mol. The van der Waals surface area contributed by atoms with E-state index in [-0.39, 0.29) is 0 Å². The zero-order valence-electron chi connectivity index (χ0n) is 11.1. The Morgan fingerprint density at radius 3 is 1.78 bits per heavy atom. The van der Waals surface area contributed by atoms with Gasteiger partial charge in [0.2, 0.25) is 0 Å². The van der Waals surface area contributed by atoms with Crippen molar-refractivity contribution >= 4 is 0 Å². The molecule has 0 saturated carbocycles. The molecule has 2 unspecified atom stereocenters. The second kappa shape index (κ2) is 5.85. The molecule has 0 amide bonds. The fraction of sp³-hybridized carbons (Fsp3) is 0.625. The van der Waals surface area contributed by atoms with Crippen LogP contribution in [-0.4, -0.2) is 13.1 Å². The molecule has 1 aromatic rings. The first kappa shape index (κ1) is 12.2. The Morgan fingerprint density at radius 2 is 1.33 bits per heavy atom. The van der Waals surface area contributed by atoms with Crippen LogP contribution < -0.4 is 10.6 Å². The summed E-state index contributed by atoms with van der Waals surface area (Å²) in [5.41, 5.74) is 2.97. The normalized spacial score (nSPS) is 29.1. The number of benzene rings is 1. The van der Waals surface area contributed by atoms with Crippen molar-refractivity contribution in [2.24, 2.45) is 0 Å². The Morgan fingerprint density at radius 1 is 0.778 bits per heavy atom. The van der Waals surface area contributed by atoms with E-state index >= 15 is 0 Å². The molecular weight excluding hydrogens is 220 g/mol. The molecule has 2 fully saturated rings. The molecule has 3 rings (SSSR count). The molecule has 0 bridgehead atoms. The fourth-order valence-corrected chi connectivity index (χ4v) is 3.27. The largest absolute Gasteiger partial charge is 0.310 e. The van der Waals surface area contributed by atoms with Gasteiger partial charge < -0.3 is 10.6 Å². The molecule has 2 heterocycles. The maximum atomic E-state index is 3.65. The lowest BCUT2D eigenvalue weighted by Gasteiger charge is -2.27. The first-order valence-electron chi connectivity index (χ1n) is 7.50. The number of piperidine rings is 2. The molecular formula is C16H24N2. The molecule has 18 heavy (non-hydrogen) atoms. The summed E-state index contributed by atoms with van der Waals surface area (Å²) in [6.07, 6.45) is 7.98.